The third-order valence-electron chi connectivity index (χ3n) is 3.07. The summed E-state index contributed by atoms with van der Waals surface area (Å²) < 4.78 is 0. The number of carboxylic acid groups (broad SMARTS) is 1. The molecule has 0 spiro atoms. The van der Waals surface area contributed by atoms with E-state index in [1.165, 1.54) is 6.07 Å². The van der Waals surface area contributed by atoms with Crippen molar-refractivity contribution in [1.82, 2.24) is 0 Å². The first-order valence-corrected chi connectivity index (χ1v) is 6.19. The minimum absolute atomic E-state index is 0.0570. The first-order valence-electron chi connectivity index (χ1n) is 6.19. The fraction of sp³-hybridized carbons (Fsp3) is 0.333. The van der Waals surface area contributed by atoms with E-state index in [1.54, 1.807) is 24.3 Å². The maximum atomic E-state index is 11.6. The monoisotopic (exact) mass is 259 g/mol. The van der Waals surface area contributed by atoms with Gasteiger partial charge in [0.2, 0.25) is 0 Å². The Bertz CT molecular complexity index is 558. The van der Waals surface area contributed by atoms with E-state index in [9.17, 15) is 9.59 Å². The van der Waals surface area contributed by atoms with Crippen LogP contribution in [0.4, 0.5) is 5.69 Å². The van der Waals surface area contributed by atoms with Gasteiger partial charge in [0.1, 0.15) is 0 Å². The molecular weight excluding hydrogens is 242 g/mol. The standard InChI is InChI=1S/C15H17NO3/c1-15(2)8-12(7-13(17)9-15)16-11-5-3-4-10(6-11)14(18)19/h3-7,16H,8-9H2,1-2H3,(H,18,19). The predicted octanol–water partition coefficient (Wildman–Crippen LogP) is 3.07. The summed E-state index contributed by atoms with van der Waals surface area (Å²) in [5, 5.41) is 12.1. The molecule has 0 amide bonds. The first kappa shape index (κ1) is 13.3. The highest BCUT2D eigenvalue weighted by Crippen LogP contribution is 2.33. The van der Waals surface area contributed by atoms with Crippen LogP contribution in [-0.2, 0) is 4.79 Å². The molecule has 0 saturated carbocycles. The van der Waals surface area contributed by atoms with E-state index in [2.05, 4.69) is 5.32 Å². The molecule has 1 aliphatic rings. The van der Waals surface area contributed by atoms with Gasteiger partial charge in [0.05, 0.1) is 5.56 Å². The summed E-state index contributed by atoms with van der Waals surface area (Å²) in [7, 11) is 0. The van der Waals surface area contributed by atoms with E-state index in [-0.39, 0.29) is 16.8 Å². The normalized spacial score (nSPS) is 17.8. The van der Waals surface area contributed by atoms with E-state index >= 15 is 0 Å². The highest BCUT2D eigenvalue weighted by atomic mass is 16.4. The Kier molecular flexibility index (Phi) is 3.42. The van der Waals surface area contributed by atoms with Crippen LogP contribution in [0.1, 0.15) is 37.0 Å². The number of carbonyl (C=O) groups excluding carboxylic acids is 1. The molecule has 0 fully saturated rings. The number of ketones is 1. The van der Waals surface area contributed by atoms with Crippen molar-refractivity contribution in [2.24, 2.45) is 5.41 Å². The number of carbonyl (C=O) groups is 2. The van der Waals surface area contributed by atoms with Crippen molar-refractivity contribution < 1.29 is 14.7 Å². The van der Waals surface area contributed by atoms with Gasteiger partial charge in [-0.15, -0.1) is 0 Å². The van der Waals surface area contributed by atoms with Crippen LogP contribution < -0.4 is 5.32 Å². The number of benzene rings is 1. The second-order valence-corrected chi connectivity index (χ2v) is 5.66. The molecule has 0 saturated heterocycles. The topological polar surface area (TPSA) is 66.4 Å². The third-order valence-corrected chi connectivity index (χ3v) is 3.07. The van der Waals surface area contributed by atoms with E-state index in [0.29, 0.717) is 12.1 Å². The van der Waals surface area contributed by atoms with Gasteiger partial charge in [-0.05, 0) is 30.0 Å². The number of aromatic carboxylic acids is 1. The molecular formula is C15H17NO3. The molecule has 0 radical (unpaired) electrons. The molecule has 0 unspecified atom stereocenters. The van der Waals surface area contributed by atoms with E-state index in [0.717, 1.165) is 12.1 Å². The van der Waals surface area contributed by atoms with Crippen LogP contribution in [0.5, 0.6) is 0 Å². The molecule has 0 atom stereocenters. The number of rotatable bonds is 3. The van der Waals surface area contributed by atoms with Crippen molar-refractivity contribution in [3.8, 4) is 0 Å². The van der Waals surface area contributed by atoms with Crippen LogP contribution in [0.2, 0.25) is 0 Å². The Morgan fingerprint density at radius 3 is 2.68 bits per heavy atom. The van der Waals surface area contributed by atoms with Crippen LogP contribution in [0.15, 0.2) is 36.0 Å². The molecule has 4 nitrogen and oxygen atoms in total. The quantitative estimate of drug-likeness (QED) is 0.875. The molecule has 0 heterocycles. The maximum Gasteiger partial charge on any atom is 0.335 e. The number of allylic oxidation sites excluding steroid dienone is 2. The van der Waals surface area contributed by atoms with Crippen LogP contribution in [0.25, 0.3) is 0 Å². The first-order chi connectivity index (χ1) is 8.85. The van der Waals surface area contributed by atoms with Gasteiger partial charge in [-0.1, -0.05) is 19.9 Å². The second-order valence-electron chi connectivity index (χ2n) is 5.66. The summed E-state index contributed by atoms with van der Waals surface area (Å²) in [6.07, 6.45) is 2.93. The van der Waals surface area contributed by atoms with E-state index < -0.39 is 5.97 Å². The maximum absolute atomic E-state index is 11.6. The number of nitrogens with one attached hydrogen (secondary N) is 1. The lowest BCUT2D eigenvalue weighted by molar-refractivity contribution is -0.117. The van der Waals surface area contributed by atoms with Crippen molar-refractivity contribution in [3.05, 3.63) is 41.6 Å². The second kappa shape index (κ2) is 4.88. The summed E-state index contributed by atoms with van der Waals surface area (Å²) in [5.41, 5.74) is 1.70. The predicted molar refractivity (Wildman–Crippen MR) is 73.1 cm³/mol. The third kappa shape index (κ3) is 3.44. The van der Waals surface area contributed by atoms with Gasteiger partial charge in [0.25, 0.3) is 0 Å². The molecule has 1 aromatic rings. The summed E-state index contributed by atoms with van der Waals surface area (Å²) in [6, 6.07) is 6.58. The highest BCUT2D eigenvalue weighted by molar-refractivity contribution is 5.92. The molecule has 19 heavy (non-hydrogen) atoms. The van der Waals surface area contributed by atoms with Gasteiger partial charge in [-0.25, -0.2) is 4.79 Å². The van der Waals surface area contributed by atoms with Crippen LogP contribution in [0, 0.1) is 5.41 Å². The van der Waals surface area contributed by atoms with E-state index in [1.807, 2.05) is 13.8 Å². The molecule has 2 N–H and O–H groups in total. The molecule has 0 aliphatic heterocycles. The summed E-state index contributed by atoms with van der Waals surface area (Å²) >= 11 is 0. The Labute approximate surface area is 112 Å². The fourth-order valence-electron chi connectivity index (χ4n) is 2.34. The molecule has 0 aromatic heterocycles. The Balaban J connectivity index is 2.19. The minimum Gasteiger partial charge on any atom is -0.478 e. The lowest BCUT2D eigenvalue weighted by Gasteiger charge is -2.29. The zero-order valence-electron chi connectivity index (χ0n) is 11.1. The molecule has 4 heteroatoms. The van der Waals surface area contributed by atoms with Gasteiger partial charge in [0, 0.05) is 23.9 Å². The minimum atomic E-state index is -0.960. The fourth-order valence-corrected chi connectivity index (χ4v) is 2.34. The SMILES string of the molecule is CC1(C)CC(=O)C=C(Nc2cccc(C(=O)O)c2)C1. The van der Waals surface area contributed by atoms with Crippen LogP contribution in [-0.4, -0.2) is 16.9 Å². The molecule has 1 aromatic carbocycles. The Morgan fingerprint density at radius 2 is 2.05 bits per heavy atom. The Morgan fingerprint density at radius 1 is 1.32 bits per heavy atom. The molecule has 0 bridgehead atoms. The van der Waals surface area contributed by atoms with Crippen molar-refractivity contribution in [2.45, 2.75) is 26.7 Å². The van der Waals surface area contributed by atoms with Crippen LogP contribution >= 0.6 is 0 Å². The van der Waals surface area contributed by atoms with Gasteiger partial charge < -0.3 is 10.4 Å². The zero-order chi connectivity index (χ0) is 14.0. The largest absolute Gasteiger partial charge is 0.478 e. The number of hydrogen-bond acceptors (Lipinski definition) is 3. The number of carboxylic acids is 1. The highest BCUT2D eigenvalue weighted by Gasteiger charge is 2.27. The van der Waals surface area contributed by atoms with Crippen LogP contribution in [0.3, 0.4) is 0 Å². The molecule has 1 aliphatic carbocycles. The van der Waals surface area contributed by atoms with Gasteiger partial charge in [-0.2, -0.15) is 0 Å². The summed E-state index contributed by atoms with van der Waals surface area (Å²) in [4.78, 5) is 22.5. The number of hydrogen-bond donors (Lipinski definition) is 2. The summed E-state index contributed by atoms with van der Waals surface area (Å²) in [5.74, 6) is -0.856. The average Bonchev–Trinajstić information content (AvgIpc) is 2.26. The van der Waals surface area contributed by atoms with Gasteiger partial charge in [0.15, 0.2) is 5.78 Å². The lowest BCUT2D eigenvalue weighted by Crippen LogP contribution is -2.24. The van der Waals surface area contributed by atoms with Crippen molar-refractivity contribution in [2.75, 3.05) is 5.32 Å². The lowest BCUT2D eigenvalue weighted by atomic mass is 9.79. The van der Waals surface area contributed by atoms with Gasteiger partial charge >= 0.3 is 5.97 Å². The smallest absolute Gasteiger partial charge is 0.335 e. The number of anilines is 1. The van der Waals surface area contributed by atoms with E-state index in [4.69, 9.17) is 5.11 Å². The average molecular weight is 259 g/mol. The Hall–Kier alpha value is -2.10. The van der Waals surface area contributed by atoms with Gasteiger partial charge in [-0.3, -0.25) is 4.79 Å². The van der Waals surface area contributed by atoms with Crippen molar-refractivity contribution in [1.29, 1.82) is 0 Å². The van der Waals surface area contributed by atoms with Crippen molar-refractivity contribution in [3.63, 3.8) is 0 Å². The molecule has 2 rings (SSSR count). The van der Waals surface area contributed by atoms with Crippen molar-refractivity contribution >= 4 is 17.4 Å². The molecule has 100 valence electrons. The zero-order valence-corrected chi connectivity index (χ0v) is 11.1. The summed E-state index contributed by atoms with van der Waals surface area (Å²) in [6.45, 7) is 4.10.